The van der Waals surface area contributed by atoms with Crippen LogP contribution in [0.5, 0.6) is 0 Å². The molecule has 0 saturated carbocycles. The molecule has 1 heterocycles. The number of aliphatic carboxylic acids is 1. The van der Waals surface area contributed by atoms with Crippen molar-refractivity contribution in [3.8, 4) is 0 Å². The molecule has 114 valence electrons. The molecule has 0 aliphatic heterocycles. The molecule has 6 heteroatoms. The molecule has 0 bridgehead atoms. The molecule has 1 aromatic heterocycles. The molecular weight excluding hydrogens is 282 g/mol. The number of hydrogen-bond acceptors (Lipinski definition) is 4. The van der Waals surface area contributed by atoms with Crippen LogP contribution < -0.4 is 5.32 Å². The zero-order valence-corrected chi connectivity index (χ0v) is 12.0. The van der Waals surface area contributed by atoms with Gasteiger partial charge in [0.25, 0.3) is 0 Å². The molecule has 1 amide bonds. The van der Waals surface area contributed by atoms with Gasteiger partial charge in [-0.2, -0.15) is 0 Å². The first-order valence-electron chi connectivity index (χ1n) is 6.96. The van der Waals surface area contributed by atoms with Crippen molar-refractivity contribution < 1.29 is 14.7 Å². The number of aryl methyl sites for hydroxylation is 1. The SMILES string of the molecule is O=C(O)C[C@H](NC(=O)CCc1cnccn1)c1ccccc1. The number of aromatic nitrogens is 2. The molecule has 2 rings (SSSR count). The average Bonchev–Trinajstić information content (AvgIpc) is 2.54. The van der Waals surface area contributed by atoms with E-state index >= 15 is 0 Å². The van der Waals surface area contributed by atoms with E-state index in [0.717, 1.165) is 11.3 Å². The van der Waals surface area contributed by atoms with Crippen molar-refractivity contribution in [1.82, 2.24) is 15.3 Å². The lowest BCUT2D eigenvalue weighted by Crippen LogP contribution is -2.30. The second-order valence-corrected chi connectivity index (χ2v) is 4.83. The molecule has 0 aliphatic rings. The molecule has 6 nitrogen and oxygen atoms in total. The van der Waals surface area contributed by atoms with Gasteiger partial charge < -0.3 is 10.4 Å². The summed E-state index contributed by atoms with van der Waals surface area (Å²) in [5.41, 5.74) is 1.50. The summed E-state index contributed by atoms with van der Waals surface area (Å²) in [6, 6.07) is 8.55. The van der Waals surface area contributed by atoms with Crippen LogP contribution in [-0.4, -0.2) is 27.0 Å². The number of hydrogen-bond donors (Lipinski definition) is 2. The number of carbonyl (C=O) groups excluding carboxylic acids is 1. The van der Waals surface area contributed by atoms with Crippen molar-refractivity contribution in [1.29, 1.82) is 0 Å². The smallest absolute Gasteiger partial charge is 0.305 e. The summed E-state index contributed by atoms with van der Waals surface area (Å²) >= 11 is 0. The predicted octanol–water partition coefficient (Wildman–Crippen LogP) is 1.74. The number of amides is 1. The van der Waals surface area contributed by atoms with Crippen molar-refractivity contribution in [3.63, 3.8) is 0 Å². The van der Waals surface area contributed by atoms with E-state index in [0.29, 0.717) is 6.42 Å². The third-order valence-electron chi connectivity index (χ3n) is 3.14. The van der Waals surface area contributed by atoms with Crippen LogP contribution in [0.4, 0.5) is 0 Å². The highest BCUT2D eigenvalue weighted by atomic mass is 16.4. The van der Waals surface area contributed by atoms with E-state index in [1.54, 1.807) is 30.7 Å². The number of nitrogens with one attached hydrogen (secondary N) is 1. The molecule has 0 aliphatic carbocycles. The maximum atomic E-state index is 12.0. The van der Waals surface area contributed by atoms with Gasteiger partial charge in [-0.1, -0.05) is 30.3 Å². The fourth-order valence-corrected chi connectivity index (χ4v) is 2.08. The molecule has 2 aromatic rings. The Balaban J connectivity index is 1.95. The van der Waals surface area contributed by atoms with Gasteiger partial charge in [0.05, 0.1) is 18.2 Å². The summed E-state index contributed by atoms with van der Waals surface area (Å²) in [7, 11) is 0. The monoisotopic (exact) mass is 299 g/mol. The number of rotatable bonds is 7. The number of benzene rings is 1. The first kappa shape index (κ1) is 15.6. The van der Waals surface area contributed by atoms with Crippen LogP contribution >= 0.6 is 0 Å². The van der Waals surface area contributed by atoms with Crippen LogP contribution in [0.3, 0.4) is 0 Å². The van der Waals surface area contributed by atoms with Gasteiger partial charge >= 0.3 is 5.97 Å². The fraction of sp³-hybridized carbons (Fsp3) is 0.250. The zero-order chi connectivity index (χ0) is 15.8. The highest BCUT2D eigenvalue weighted by molar-refractivity contribution is 5.78. The molecule has 22 heavy (non-hydrogen) atoms. The normalized spacial score (nSPS) is 11.6. The van der Waals surface area contributed by atoms with Gasteiger partial charge in [0.1, 0.15) is 0 Å². The van der Waals surface area contributed by atoms with Crippen molar-refractivity contribution in [2.45, 2.75) is 25.3 Å². The summed E-state index contributed by atoms with van der Waals surface area (Å²) in [6.45, 7) is 0. The van der Waals surface area contributed by atoms with Crippen LogP contribution in [0.2, 0.25) is 0 Å². The Labute approximate surface area is 128 Å². The van der Waals surface area contributed by atoms with Gasteiger partial charge in [0, 0.05) is 25.0 Å². The molecule has 0 unspecified atom stereocenters. The highest BCUT2D eigenvalue weighted by Gasteiger charge is 2.17. The minimum absolute atomic E-state index is 0.152. The lowest BCUT2D eigenvalue weighted by Gasteiger charge is -2.17. The maximum Gasteiger partial charge on any atom is 0.305 e. The average molecular weight is 299 g/mol. The summed E-state index contributed by atoms with van der Waals surface area (Å²) in [5, 5.41) is 11.8. The summed E-state index contributed by atoms with van der Waals surface area (Å²) < 4.78 is 0. The highest BCUT2D eigenvalue weighted by Crippen LogP contribution is 2.16. The quantitative estimate of drug-likeness (QED) is 0.812. The Morgan fingerprint density at radius 3 is 2.59 bits per heavy atom. The van der Waals surface area contributed by atoms with E-state index in [1.807, 2.05) is 18.2 Å². The summed E-state index contributed by atoms with van der Waals surface area (Å²) in [5.74, 6) is -1.16. The van der Waals surface area contributed by atoms with Gasteiger partial charge in [-0.3, -0.25) is 19.6 Å². The number of nitrogens with zero attached hydrogens (tertiary/aromatic N) is 2. The second-order valence-electron chi connectivity index (χ2n) is 4.83. The molecule has 0 radical (unpaired) electrons. The molecule has 0 fully saturated rings. The molecule has 0 spiro atoms. The Hall–Kier alpha value is -2.76. The van der Waals surface area contributed by atoms with Crippen LogP contribution in [0, 0.1) is 0 Å². The maximum absolute atomic E-state index is 12.0. The van der Waals surface area contributed by atoms with Crippen LogP contribution in [0.1, 0.15) is 30.1 Å². The zero-order valence-electron chi connectivity index (χ0n) is 12.0. The Morgan fingerprint density at radius 2 is 1.95 bits per heavy atom. The van der Waals surface area contributed by atoms with E-state index in [4.69, 9.17) is 5.11 Å². The lowest BCUT2D eigenvalue weighted by atomic mass is 10.0. The summed E-state index contributed by atoms with van der Waals surface area (Å²) in [6.07, 6.45) is 5.31. The molecule has 0 saturated heterocycles. The minimum Gasteiger partial charge on any atom is -0.481 e. The van der Waals surface area contributed by atoms with E-state index in [-0.39, 0.29) is 18.7 Å². The summed E-state index contributed by atoms with van der Waals surface area (Å²) in [4.78, 5) is 31.0. The Kier molecular flexibility index (Phi) is 5.59. The Morgan fingerprint density at radius 1 is 1.18 bits per heavy atom. The Bertz CT molecular complexity index is 617. The van der Waals surface area contributed by atoms with Gasteiger partial charge in [0.2, 0.25) is 5.91 Å². The minimum atomic E-state index is -0.955. The molecular formula is C16H17N3O3. The van der Waals surface area contributed by atoms with E-state index in [9.17, 15) is 9.59 Å². The first-order valence-corrected chi connectivity index (χ1v) is 6.96. The largest absolute Gasteiger partial charge is 0.481 e. The molecule has 1 aromatic carbocycles. The van der Waals surface area contributed by atoms with Gasteiger partial charge in [-0.05, 0) is 12.0 Å². The number of carboxylic acid groups (broad SMARTS) is 1. The number of carbonyl (C=O) groups is 2. The predicted molar refractivity (Wildman–Crippen MR) is 79.9 cm³/mol. The van der Waals surface area contributed by atoms with Crippen LogP contribution in [-0.2, 0) is 16.0 Å². The second kappa shape index (κ2) is 7.87. The molecule has 2 N–H and O–H groups in total. The van der Waals surface area contributed by atoms with Crippen LogP contribution in [0.15, 0.2) is 48.9 Å². The lowest BCUT2D eigenvalue weighted by molar-refractivity contribution is -0.137. The third kappa shape index (κ3) is 4.97. The van der Waals surface area contributed by atoms with E-state index < -0.39 is 12.0 Å². The fourth-order valence-electron chi connectivity index (χ4n) is 2.08. The third-order valence-corrected chi connectivity index (χ3v) is 3.14. The standard InChI is InChI=1S/C16H17N3O3/c20-15(7-6-13-11-17-8-9-18-13)19-14(10-16(21)22)12-4-2-1-3-5-12/h1-5,8-9,11,14H,6-7,10H2,(H,19,20)(H,21,22)/t14-/m0/s1. The van der Waals surface area contributed by atoms with E-state index in [1.165, 1.54) is 0 Å². The topological polar surface area (TPSA) is 92.2 Å². The molecule has 1 atom stereocenters. The van der Waals surface area contributed by atoms with Gasteiger partial charge in [-0.15, -0.1) is 0 Å². The number of carboxylic acids is 1. The van der Waals surface area contributed by atoms with Crippen molar-refractivity contribution in [3.05, 3.63) is 60.2 Å². The van der Waals surface area contributed by atoms with Crippen molar-refractivity contribution >= 4 is 11.9 Å². The van der Waals surface area contributed by atoms with Gasteiger partial charge in [-0.25, -0.2) is 0 Å². The van der Waals surface area contributed by atoms with Crippen molar-refractivity contribution in [2.75, 3.05) is 0 Å². The van der Waals surface area contributed by atoms with Gasteiger partial charge in [0.15, 0.2) is 0 Å². The van der Waals surface area contributed by atoms with Crippen molar-refractivity contribution in [2.24, 2.45) is 0 Å². The van der Waals surface area contributed by atoms with E-state index in [2.05, 4.69) is 15.3 Å². The first-order chi connectivity index (χ1) is 10.6. The van der Waals surface area contributed by atoms with Crippen LogP contribution in [0.25, 0.3) is 0 Å².